The molecule has 4 rings (SSSR count). The Morgan fingerprint density at radius 1 is 1.28 bits per heavy atom. The molecule has 10 heteroatoms. The van der Waals surface area contributed by atoms with Crippen LogP contribution in [0.15, 0.2) is 29.1 Å². The molecule has 1 saturated heterocycles. The predicted octanol–water partition coefficient (Wildman–Crippen LogP) is 1.41. The Morgan fingerprint density at radius 2 is 1.93 bits per heavy atom. The lowest BCUT2D eigenvalue weighted by Gasteiger charge is -2.48. The van der Waals surface area contributed by atoms with Crippen molar-refractivity contribution in [3.63, 3.8) is 0 Å². The summed E-state index contributed by atoms with van der Waals surface area (Å²) in [7, 11) is 0. The van der Waals surface area contributed by atoms with E-state index >= 15 is 0 Å². The number of aromatic nitrogens is 3. The number of alkyl halides is 3. The number of β-amino-alcohol motifs (C(OH)–C–C–N with tert-alkyl or cyclic N) is 1. The van der Waals surface area contributed by atoms with Gasteiger partial charge < -0.3 is 10.0 Å². The molecule has 156 valence electrons. The maximum Gasteiger partial charge on any atom is 0.420 e. The van der Waals surface area contributed by atoms with Gasteiger partial charge in [0.2, 0.25) is 5.91 Å². The molecule has 1 atom stereocenters. The monoisotopic (exact) mass is 410 g/mol. The maximum absolute atomic E-state index is 12.9. The second-order valence-electron chi connectivity index (χ2n) is 7.84. The lowest BCUT2D eigenvalue weighted by Crippen LogP contribution is -2.71. The van der Waals surface area contributed by atoms with Gasteiger partial charge in [-0.3, -0.25) is 9.36 Å². The van der Waals surface area contributed by atoms with Crippen molar-refractivity contribution in [2.24, 2.45) is 0 Å². The van der Waals surface area contributed by atoms with Gasteiger partial charge in [0, 0.05) is 6.42 Å². The molecule has 1 fully saturated rings. The molecule has 3 heterocycles. The molecule has 1 aromatic carbocycles. The van der Waals surface area contributed by atoms with Crippen LogP contribution in [0.4, 0.5) is 13.2 Å². The third-order valence-electron chi connectivity index (χ3n) is 5.61. The van der Waals surface area contributed by atoms with E-state index in [-0.39, 0.29) is 6.54 Å². The van der Waals surface area contributed by atoms with Crippen molar-refractivity contribution in [1.82, 2.24) is 19.2 Å². The Kier molecular flexibility index (Phi) is 4.56. The summed E-state index contributed by atoms with van der Waals surface area (Å²) in [6, 6.07) is 6.74. The molecule has 0 radical (unpaired) electrons. The molecule has 2 aliphatic heterocycles. The first kappa shape index (κ1) is 19.7. The Morgan fingerprint density at radius 3 is 2.55 bits per heavy atom. The van der Waals surface area contributed by atoms with Gasteiger partial charge in [0.05, 0.1) is 19.6 Å². The SMILES string of the molecule is Cc1ccc(Cn2nc3n(c2=O)C(C(=O)N2CC(O)(C(F)(F)F)C2)CCC3)cc1. The van der Waals surface area contributed by atoms with Crippen molar-refractivity contribution >= 4 is 5.91 Å². The van der Waals surface area contributed by atoms with Crippen molar-refractivity contribution in [1.29, 1.82) is 0 Å². The fraction of sp³-hybridized carbons (Fsp3) is 0.526. The van der Waals surface area contributed by atoms with Gasteiger partial charge >= 0.3 is 11.9 Å². The summed E-state index contributed by atoms with van der Waals surface area (Å²) in [6.45, 7) is 0.579. The van der Waals surface area contributed by atoms with E-state index in [1.807, 2.05) is 31.2 Å². The molecule has 0 saturated carbocycles. The topological polar surface area (TPSA) is 80.4 Å². The van der Waals surface area contributed by atoms with Crippen LogP contribution >= 0.6 is 0 Å². The number of likely N-dealkylation sites (tertiary alicyclic amines) is 1. The first-order chi connectivity index (χ1) is 13.6. The summed E-state index contributed by atoms with van der Waals surface area (Å²) in [5, 5.41) is 13.9. The second kappa shape index (κ2) is 6.72. The van der Waals surface area contributed by atoms with Crippen LogP contribution < -0.4 is 5.69 Å². The maximum atomic E-state index is 12.9. The van der Waals surface area contributed by atoms with E-state index in [0.29, 0.717) is 25.1 Å². The molecule has 0 aliphatic carbocycles. The zero-order valence-electron chi connectivity index (χ0n) is 15.8. The van der Waals surface area contributed by atoms with Crippen molar-refractivity contribution in [2.45, 2.75) is 50.6 Å². The molecule has 2 aliphatic rings. The van der Waals surface area contributed by atoms with Crippen LogP contribution in [0.5, 0.6) is 0 Å². The van der Waals surface area contributed by atoms with Crippen LogP contribution in [-0.4, -0.2) is 55.1 Å². The number of halogens is 3. The highest BCUT2D eigenvalue weighted by Gasteiger charge is 2.62. The largest absolute Gasteiger partial charge is 0.420 e. The van der Waals surface area contributed by atoms with Gasteiger partial charge in [-0.05, 0) is 25.3 Å². The molecular weight excluding hydrogens is 389 g/mol. The Labute approximate surface area is 164 Å². The number of rotatable bonds is 3. The van der Waals surface area contributed by atoms with Crippen molar-refractivity contribution < 1.29 is 23.1 Å². The van der Waals surface area contributed by atoms with Gasteiger partial charge in [-0.15, -0.1) is 0 Å². The Balaban J connectivity index is 1.56. The minimum atomic E-state index is -4.79. The van der Waals surface area contributed by atoms with E-state index < -0.39 is 42.5 Å². The smallest absolute Gasteiger partial charge is 0.378 e. The summed E-state index contributed by atoms with van der Waals surface area (Å²) in [5.41, 5.74) is -1.36. The normalized spacial score (nSPS) is 20.9. The average molecular weight is 410 g/mol. The summed E-state index contributed by atoms with van der Waals surface area (Å²) in [6.07, 6.45) is -3.32. The number of aryl methyl sites for hydroxylation is 2. The van der Waals surface area contributed by atoms with Crippen molar-refractivity contribution in [2.75, 3.05) is 13.1 Å². The molecule has 1 aromatic heterocycles. The number of carbonyl (C=O) groups excluding carboxylic acids is 1. The number of nitrogens with zero attached hydrogens (tertiary/aromatic N) is 4. The fourth-order valence-corrected chi connectivity index (χ4v) is 3.87. The number of fused-ring (bicyclic) bond motifs is 1. The molecule has 1 unspecified atom stereocenters. The molecule has 0 bridgehead atoms. The molecule has 29 heavy (non-hydrogen) atoms. The van der Waals surface area contributed by atoms with E-state index in [4.69, 9.17) is 0 Å². The third-order valence-corrected chi connectivity index (χ3v) is 5.61. The van der Waals surface area contributed by atoms with Gasteiger partial charge in [0.15, 0.2) is 5.60 Å². The molecule has 2 aromatic rings. The highest BCUT2D eigenvalue weighted by atomic mass is 19.4. The molecule has 7 nitrogen and oxygen atoms in total. The molecule has 0 spiro atoms. The van der Waals surface area contributed by atoms with Crippen LogP contribution in [0.1, 0.15) is 35.8 Å². The highest BCUT2D eigenvalue weighted by Crippen LogP contribution is 2.39. The minimum absolute atomic E-state index is 0.248. The van der Waals surface area contributed by atoms with Crippen molar-refractivity contribution in [3.05, 3.63) is 51.7 Å². The van der Waals surface area contributed by atoms with Crippen molar-refractivity contribution in [3.8, 4) is 0 Å². The first-order valence-corrected chi connectivity index (χ1v) is 9.41. The molecule has 1 amide bonds. The van der Waals surface area contributed by atoms with Crippen LogP contribution in [0.3, 0.4) is 0 Å². The number of hydrogen-bond acceptors (Lipinski definition) is 4. The number of carbonyl (C=O) groups is 1. The number of aliphatic hydroxyl groups is 1. The molecule has 1 N–H and O–H groups in total. The average Bonchev–Trinajstić information content (AvgIpc) is 2.95. The first-order valence-electron chi connectivity index (χ1n) is 9.41. The van der Waals surface area contributed by atoms with Crippen LogP contribution in [0.2, 0.25) is 0 Å². The zero-order valence-corrected chi connectivity index (χ0v) is 15.8. The summed E-state index contributed by atoms with van der Waals surface area (Å²) in [5.74, 6) is -0.129. The lowest BCUT2D eigenvalue weighted by atomic mass is 9.91. The predicted molar refractivity (Wildman–Crippen MR) is 96.3 cm³/mol. The van der Waals surface area contributed by atoms with Crippen LogP contribution in [0, 0.1) is 6.92 Å². The summed E-state index contributed by atoms with van der Waals surface area (Å²) in [4.78, 5) is 26.6. The lowest BCUT2D eigenvalue weighted by molar-refractivity contribution is -0.297. The number of amides is 1. The summed E-state index contributed by atoms with van der Waals surface area (Å²) >= 11 is 0. The third kappa shape index (κ3) is 3.35. The zero-order chi connectivity index (χ0) is 21.0. The van der Waals surface area contributed by atoms with Gasteiger partial charge in [-0.2, -0.15) is 18.3 Å². The minimum Gasteiger partial charge on any atom is -0.378 e. The molecular formula is C19H21F3N4O3. The highest BCUT2D eigenvalue weighted by molar-refractivity contribution is 5.81. The van der Waals surface area contributed by atoms with Gasteiger partial charge in [0.25, 0.3) is 0 Å². The Bertz CT molecular complexity index is 988. The second-order valence-corrected chi connectivity index (χ2v) is 7.84. The Hall–Kier alpha value is -2.62. The van der Waals surface area contributed by atoms with E-state index in [0.717, 1.165) is 16.0 Å². The number of benzene rings is 1. The standard InChI is InChI=1S/C19H21F3N4O3/c1-12-5-7-13(8-6-12)9-25-17(28)26-14(3-2-4-15(26)23-25)16(27)24-10-18(29,11-24)19(20,21)22/h5-8,14,29H,2-4,9-11H2,1H3. The van der Waals surface area contributed by atoms with E-state index in [1.165, 1.54) is 9.25 Å². The van der Waals surface area contributed by atoms with Gasteiger partial charge in [-0.25, -0.2) is 9.48 Å². The summed E-state index contributed by atoms with van der Waals surface area (Å²) < 4.78 is 41.1. The van der Waals surface area contributed by atoms with E-state index in [1.54, 1.807) is 0 Å². The van der Waals surface area contributed by atoms with E-state index in [9.17, 15) is 27.9 Å². The van der Waals surface area contributed by atoms with Crippen LogP contribution in [-0.2, 0) is 17.8 Å². The van der Waals surface area contributed by atoms with Gasteiger partial charge in [0.1, 0.15) is 11.9 Å². The number of hydrogen-bond donors (Lipinski definition) is 1. The van der Waals surface area contributed by atoms with Crippen LogP contribution in [0.25, 0.3) is 0 Å². The quantitative estimate of drug-likeness (QED) is 0.830. The van der Waals surface area contributed by atoms with E-state index in [2.05, 4.69) is 5.10 Å². The van der Waals surface area contributed by atoms with Gasteiger partial charge in [-0.1, -0.05) is 29.8 Å². The fourth-order valence-electron chi connectivity index (χ4n) is 3.87.